The van der Waals surface area contributed by atoms with Gasteiger partial charge in [-0.05, 0) is 37.5 Å². The van der Waals surface area contributed by atoms with Crippen LogP contribution in [0.5, 0.6) is 0 Å². The first-order valence-corrected chi connectivity index (χ1v) is 5.63. The molecule has 0 spiro atoms. The van der Waals surface area contributed by atoms with Crippen molar-refractivity contribution in [3.8, 4) is 0 Å². The summed E-state index contributed by atoms with van der Waals surface area (Å²) in [5, 5.41) is 10.4. The van der Waals surface area contributed by atoms with Crippen LogP contribution in [0.4, 0.5) is 0 Å². The van der Waals surface area contributed by atoms with Crippen LogP contribution in [0.3, 0.4) is 0 Å². The Labute approximate surface area is 80.8 Å². The third-order valence-corrected chi connectivity index (χ3v) is 4.00. The number of hydrogen-bond donors (Lipinski definition) is 1. The molecule has 0 radical (unpaired) electrons. The number of hydrogen-bond acceptors (Lipinski definition) is 1. The van der Waals surface area contributed by atoms with E-state index in [1.165, 1.54) is 19.3 Å². The van der Waals surface area contributed by atoms with Crippen molar-refractivity contribution in [1.82, 2.24) is 0 Å². The normalized spacial score (nSPS) is 44.5. The minimum Gasteiger partial charge on any atom is -0.389 e. The van der Waals surface area contributed by atoms with E-state index in [-0.39, 0.29) is 5.60 Å². The van der Waals surface area contributed by atoms with Gasteiger partial charge >= 0.3 is 0 Å². The van der Waals surface area contributed by atoms with Gasteiger partial charge < -0.3 is 5.11 Å². The van der Waals surface area contributed by atoms with Crippen LogP contribution < -0.4 is 0 Å². The van der Waals surface area contributed by atoms with Crippen molar-refractivity contribution in [2.45, 2.75) is 51.0 Å². The summed E-state index contributed by atoms with van der Waals surface area (Å²) < 4.78 is 0. The lowest BCUT2D eigenvalue weighted by Gasteiger charge is -2.46. The predicted molar refractivity (Wildman–Crippen MR) is 54.4 cm³/mol. The molecule has 2 aliphatic rings. The summed E-state index contributed by atoms with van der Waals surface area (Å²) in [6, 6.07) is 0. The highest BCUT2D eigenvalue weighted by Crippen LogP contribution is 2.45. The van der Waals surface area contributed by atoms with E-state index in [1.807, 2.05) is 0 Å². The summed E-state index contributed by atoms with van der Waals surface area (Å²) in [7, 11) is 0. The van der Waals surface area contributed by atoms with E-state index in [2.05, 4.69) is 19.1 Å². The Hall–Kier alpha value is -0.300. The Morgan fingerprint density at radius 3 is 3.08 bits per heavy atom. The molecule has 1 saturated carbocycles. The number of allylic oxidation sites excluding steroid dienone is 1. The Morgan fingerprint density at radius 2 is 2.31 bits per heavy atom. The van der Waals surface area contributed by atoms with Gasteiger partial charge in [-0.25, -0.2) is 0 Å². The summed E-state index contributed by atoms with van der Waals surface area (Å²) >= 11 is 0. The van der Waals surface area contributed by atoms with Crippen molar-refractivity contribution in [2.75, 3.05) is 0 Å². The van der Waals surface area contributed by atoms with Crippen molar-refractivity contribution in [3.05, 3.63) is 12.2 Å². The zero-order valence-electron chi connectivity index (χ0n) is 8.50. The number of aliphatic hydroxyl groups is 1. The van der Waals surface area contributed by atoms with Gasteiger partial charge in [0.25, 0.3) is 0 Å². The summed E-state index contributed by atoms with van der Waals surface area (Å²) in [5.74, 6) is 1.32. The van der Waals surface area contributed by atoms with Crippen LogP contribution in [0.25, 0.3) is 0 Å². The van der Waals surface area contributed by atoms with Crippen molar-refractivity contribution >= 4 is 0 Å². The van der Waals surface area contributed by atoms with Crippen LogP contribution in [0, 0.1) is 11.8 Å². The van der Waals surface area contributed by atoms with E-state index in [9.17, 15) is 5.11 Å². The molecule has 0 saturated heterocycles. The minimum absolute atomic E-state index is 0.340. The molecule has 1 nitrogen and oxygen atoms in total. The fourth-order valence-electron chi connectivity index (χ4n) is 3.18. The van der Waals surface area contributed by atoms with Gasteiger partial charge in [0.15, 0.2) is 0 Å². The largest absolute Gasteiger partial charge is 0.389 e. The van der Waals surface area contributed by atoms with E-state index < -0.39 is 0 Å². The van der Waals surface area contributed by atoms with Crippen LogP contribution in [0.15, 0.2) is 12.2 Å². The fraction of sp³-hybridized carbons (Fsp3) is 0.833. The summed E-state index contributed by atoms with van der Waals surface area (Å²) in [5.41, 5.74) is -0.340. The quantitative estimate of drug-likeness (QED) is 0.615. The highest BCUT2D eigenvalue weighted by Gasteiger charge is 2.43. The lowest BCUT2D eigenvalue weighted by atomic mass is 9.64. The number of fused-ring (bicyclic) bond motifs is 1. The second-order valence-corrected chi connectivity index (χ2v) is 4.68. The molecular weight excluding hydrogens is 160 g/mol. The molecule has 1 N–H and O–H groups in total. The van der Waals surface area contributed by atoms with Crippen LogP contribution in [0.2, 0.25) is 0 Å². The summed E-state index contributed by atoms with van der Waals surface area (Å²) in [6.45, 7) is 2.26. The maximum atomic E-state index is 10.4. The topological polar surface area (TPSA) is 20.2 Å². The second-order valence-electron chi connectivity index (χ2n) is 4.68. The molecular formula is C12H20O. The zero-order valence-corrected chi connectivity index (χ0v) is 8.50. The molecule has 13 heavy (non-hydrogen) atoms. The molecule has 0 bridgehead atoms. The first-order valence-electron chi connectivity index (χ1n) is 5.63. The van der Waals surface area contributed by atoms with Crippen LogP contribution in [-0.4, -0.2) is 10.7 Å². The Morgan fingerprint density at radius 1 is 1.46 bits per heavy atom. The summed E-state index contributed by atoms with van der Waals surface area (Å²) in [4.78, 5) is 0. The first-order chi connectivity index (χ1) is 6.26. The molecule has 0 amide bonds. The lowest BCUT2D eigenvalue weighted by Crippen LogP contribution is -2.45. The molecule has 0 aliphatic heterocycles. The smallest absolute Gasteiger partial charge is 0.0715 e. The van der Waals surface area contributed by atoms with E-state index in [4.69, 9.17) is 0 Å². The molecule has 1 fully saturated rings. The maximum Gasteiger partial charge on any atom is 0.0715 e. The fourth-order valence-corrected chi connectivity index (χ4v) is 3.18. The van der Waals surface area contributed by atoms with Gasteiger partial charge in [-0.1, -0.05) is 31.9 Å². The third kappa shape index (κ3) is 1.54. The van der Waals surface area contributed by atoms with E-state index in [0.29, 0.717) is 5.92 Å². The van der Waals surface area contributed by atoms with Crippen molar-refractivity contribution in [2.24, 2.45) is 11.8 Å². The van der Waals surface area contributed by atoms with Gasteiger partial charge in [0.2, 0.25) is 0 Å². The van der Waals surface area contributed by atoms with Crippen LogP contribution >= 0.6 is 0 Å². The van der Waals surface area contributed by atoms with Crippen molar-refractivity contribution < 1.29 is 5.11 Å². The Kier molecular flexibility index (Phi) is 2.46. The molecule has 0 aromatic carbocycles. The lowest BCUT2D eigenvalue weighted by molar-refractivity contribution is -0.0753. The van der Waals surface area contributed by atoms with Gasteiger partial charge in [-0.15, -0.1) is 0 Å². The monoisotopic (exact) mass is 180 g/mol. The summed E-state index contributed by atoms with van der Waals surface area (Å²) in [6.07, 6.45) is 11.2. The van der Waals surface area contributed by atoms with E-state index >= 15 is 0 Å². The van der Waals surface area contributed by atoms with Gasteiger partial charge in [-0.2, -0.15) is 0 Å². The molecule has 0 heterocycles. The average Bonchev–Trinajstić information content (AvgIpc) is 2.15. The average molecular weight is 180 g/mol. The standard InChI is InChI=1S/C12H20O/c1-2-10-6-5-9-12(13)8-4-3-7-11(10)12/h3-4,10-11,13H,2,5-9H2,1H3/t10-,11+,12-/m0/s1. The molecule has 2 rings (SSSR count). The zero-order chi connectivity index (χ0) is 9.31. The number of rotatable bonds is 1. The van der Waals surface area contributed by atoms with Gasteiger partial charge in [-0.3, -0.25) is 0 Å². The molecule has 74 valence electrons. The van der Waals surface area contributed by atoms with Crippen LogP contribution in [0.1, 0.15) is 45.4 Å². The van der Waals surface area contributed by atoms with E-state index in [0.717, 1.165) is 25.2 Å². The molecule has 0 aromatic rings. The molecule has 0 unspecified atom stereocenters. The van der Waals surface area contributed by atoms with Crippen LogP contribution in [-0.2, 0) is 0 Å². The van der Waals surface area contributed by atoms with Gasteiger partial charge in [0.05, 0.1) is 5.60 Å². The highest BCUT2D eigenvalue weighted by molar-refractivity contribution is 5.06. The first kappa shape index (κ1) is 9.26. The maximum absolute atomic E-state index is 10.4. The van der Waals surface area contributed by atoms with Gasteiger partial charge in [0.1, 0.15) is 0 Å². The highest BCUT2D eigenvalue weighted by atomic mass is 16.3. The second kappa shape index (κ2) is 3.45. The molecule has 3 atom stereocenters. The molecule has 0 aromatic heterocycles. The SMILES string of the molecule is CC[C@H]1CCC[C@@]2(O)CC=CC[C@H]12. The van der Waals surface area contributed by atoms with E-state index in [1.54, 1.807) is 0 Å². The molecule has 1 heteroatoms. The van der Waals surface area contributed by atoms with Crippen molar-refractivity contribution in [1.29, 1.82) is 0 Å². The minimum atomic E-state index is -0.340. The third-order valence-electron chi connectivity index (χ3n) is 4.00. The predicted octanol–water partition coefficient (Wildman–Crippen LogP) is 2.89. The molecule has 2 aliphatic carbocycles. The Balaban J connectivity index is 2.17. The Bertz CT molecular complexity index is 209. The van der Waals surface area contributed by atoms with Crippen molar-refractivity contribution in [3.63, 3.8) is 0 Å². The van der Waals surface area contributed by atoms with Gasteiger partial charge in [0, 0.05) is 0 Å².